The van der Waals surface area contributed by atoms with Crippen LogP contribution in [0.5, 0.6) is 5.75 Å². The van der Waals surface area contributed by atoms with Crippen molar-refractivity contribution in [1.29, 1.82) is 0 Å². The van der Waals surface area contributed by atoms with Gasteiger partial charge in [-0.3, -0.25) is 0 Å². The number of methoxy groups -OCH3 is 1. The molecule has 1 aromatic rings. The highest BCUT2D eigenvalue weighted by Crippen LogP contribution is 2.60. The first-order valence-electron chi connectivity index (χ1n) is 10.4. The van der Waals surface area contributed by atoms with E-state index >= 15 is 0 Å². The Morgan fingerprint density at radius 1 is 1.26 bits per heavy atom. The zero-order valence-corrected chi connectivity index (χ0v) is 18.3. The summed E-state index contributed by atoms with van der Waals surface area (Å²) in [6, 6.07) is 5.03. The van der Waals surface area contributed by atoms with Crippen LogP contribution in [0.15, 0.2) is 35.5 Å². The van der Waals surface area contributed by atoms with Gasteiger partial charge in [0.2, 0.25) is 0 Å². The van der Waals surface area contributed by atoms with E-state index < -0.39 is 18.2 Å². The summed E-state index contributed by atoms with van der Waals surface area (Å²) in [5.74, 6) is 0.338. The van der Waals surface area contributed by atoms with Crippen LogP contribution >= 0.6 is 0 Å². The number of hydrogen-bond donors (Lipinski definition) is 2. The Morgan fingerprint density at radius 2 is 1.97 bits per heavy atom. The minimum absolute atomic E-state index is 0.165. The largest absolute Gasteiger partial charge is 0.497 e. The van der Waals surface area contributed by atoms with Crippen LogP contribution in [0.4, 0.5) is 9.59 Å². The average Bonchev–Trinajstić information content (AvgIpc) is 3.45. The lowest BCUT2D eigenvalue weighted by molar-refractivity contribution is 0.0415. The highest BCUT2D eigenvalue weighted by atomic mass is 16.6. The summed E-state index contributed by atoms with van der Waals surface area (Å²) >= 11 is 0. The van der Waals surface area contributed by atoms with Gasteiger partial charge in [0, 0.05) is 16.9 Å². The summed E-state index contributed by atoms with van der Waals surface area (Å²) in [5, 5.41) is 14.0. The van der Waals surface area contributed by atoms with Gasteiger partial charge in [0.25, 0.3) is 0 Å². The number of ether oxygens (including phenoxy) is 3. The molecule has 0 unspecified atom stereocenters. The van der Waals surface area contributed by atoms with Crippen LogP contribution in [0, 0.1) is 5.41 Å². The molecule has 2 aliphatic carbocycles. The van der Waals surface area contributed by atoms with Crippen LogP contribution in [-0.4, -0.2) is 54.5 Å². The molecule has 0 aliphatic heterocycles. The number of benzene rings is 1. The second-order valence-electron chi connectivity index (χ2n) is 7.60. The molecule has 0 aromatic heterocycles. The highest BCUT2D eigenvalue weighted by Gasteiger charge is 2.58. The molecular formula is C22H29N3O6. The first-order chi connectivity index (χ1) is 14.9. The number of hydrazine groups is 1. The summed E-state index contributed by atoms with van der Waals surface area (Å²) in [4.78, 5) is 25.1. The zero-order valence-electron chi connectivity index (χ0n) is 18.3. The van der Waals surface area contributed by atoms with Gasteiger partial charge in [-0.15, -0.1) is 0 Å². The highest BCUT2D eigenvalue weighted by molar-refractivity contribution is 6.00. The molecule has 1 aromatic carbocycles. The van der Waals surface area contributed by atoms with E-state index in [0.717, 1.165) is 24.0 Å². The normalized spacial score (nSPS) is 21.0. The van der Waals surface area contributed by atoms with Gasteiger partial charge in [-0.1, -0.05) is 17.3 Å². The van der Waals surface area contributed by atoms with Crippen molar-refractivity contribution in [1.82, 2.24) is 10.4 Å². The van der Waals surface area contributed by atoms with Crippen LogP contribution < -0.4 is 10.2 Å². The van der Waals surface area contributed by atoms with E-state index in [-0.39, 0.29) is 24.5 Å². The predicted molar refractivity (Wildman–Crippen MR) is 113 cm³/mol. The third-order valence-corrected chi connectivity index (χ3v) is 5.78. The fourth-order valence-electron chi connectivity index (χ4n) is 4.17. The third-order valence-electron chi connectivity index (χ3n) is 5.78. The molecule has 0 heterocycles. The Balaban J connectivity index is 2.07. The molecule has 2 aliphatic rings. The SMILES string of the molecule is CCOC(=O)NN(C(=O)OCC)[C@@H]1[C@@H](c2cc(OC)ccc2/C(C)=N/O)C=CC12CC2. The Morgan fingerprint density at radius 3 is 2.55 bits per heavy atom. The third kappa shape index (κ3) is 4.45. The number of amides is 2. The van der Waals surface area contributed by atoms with Crippen molar-refractivity contribution in [2.75, 3.05) is 20.3 Å². The fraction of sp³-hybridized carbons (Fsp3) is 0.500. The van der Waals surface area contributed by atoms with Gasteiger partial charge in [0.15, 0.2) is 0 Å². The fourth-order valence-corrected chi connectivity index (χ4v) is 4.17. The maximum atomic E-state index is 12.9. The van der Waals surface area contributed by atoms with Gasteiger partial charge in [-0.05, 0) is 57.4 Å². The van der Waals surface area contributed by atoms with Crippen molar-refractivity contribution in [2.45, 2.75) is 45.6 Å². The molecule has 1 spiro atoms. The minimum atomic E-state index is -0.726. The molecule has 2 amide bonds. The minimum Gasteiger partial charge on any atom is -0.497 e. The summed E-state index contributed by atoms with van der Waals surface area (Å²) in [6.07, 6.45) is 4.48. The number of rotatable bonds is 6. The van der Waals surface area contributed by atoms with Crippen molar-refractivity contribution in [3.05, 3.63) is 41.5 Å². The molecule has 9 nitrogen and oxygen atoms in total. The van der Waals surface area contributed by atoms with Gasteiger partial charge in [-0.25, -0.2) is 20.0 Å². The van der Waals surface area contributed by atoms with Crippen molar-refractivity contribution in [3.8, 4) is 5.75 Å². The van der Waals surface area contributed by atoms with Gasteiger partial charge in [0.05, 0.1) is 32.1 Å². The predicted octanol–water partition coefficient (Wildman–Crippen LogP) is 3.82. The molecule has 1 fully saturated rings. The van der Waals surface area contributed by atoms with Crippen LogP contribution in [0.25, 0.3) is 0 Å². The van der Waals surface area contributed by atoms with Gasteiger partial charge in [-0.2, -0.15) is 0 Å². The lowest BCUT2D eigenvalue weighted by Crippen LogP contribution is -2.56. The van der Waals surface area contributed by atoms with Gasteiger partial charge >= 0.3 is 12.2 Å². The number of nitrogens with zero attached hydrogens (tertiary/aromatic N) is 2. The average molecular weight is 431 g/mol. The van der Waals surface area contributed by atoms with Crippen LogP contribution in [0.1, 0.15) is 50.7 Å². The summed E-state index contributed by atoms with van der Waals surface area (Å²) in [7, 11) is 1.57. The van der Waals surface area contributed by atoms with Gasteiger partial charge < -0.3 is 19.4 Å². The molecule has 9 heteroatoms. The molecule has 3 rings (SSSR count). The van der Waals surface area contributed by atoms with E-state index in [0.29, 0.717) is 11.5 Å². The number of carbonyl (C=O) groups is 2. The van der Waals surface area contributed by atoms with Crippen molar-refractivity contribution in [2.24, 2.45) is 10.6 Å². The van der Waals surface area contributed by atoms with Gasteiger partial charge in [0.1, 0.15) is 5.75 Å². The second-order valence-corrected chi connectivity index (χ2v) is 7.60. The Bertz CT molecular complexity index is 893. The van der Waals surface area contributed by atoms with E-state index in [1.54, 1.807) is 33.9 Å². The van der Waals surface area contributed by atoms with Crippen LogP contribution in [0.2, 0.25) is 0 Å². The molecule has 0 bridgehead atoms. The van der Waals surface area contributed by atoms with Crippen molar-refractivity contribution in [3.63, 3.8) is 0 Å². The molecule has 0 radical (unpaired) electrons. The summed E-state index contributed by atoms with van der Waals surface area (Å²) in [6.45, 7) is 5.44. The summed E-state index contributed by atoms with van der Waals surface area (Å²) < 4.78 is 15.7. The summed E-state index contributed by atoms with van der Waals surface area (Å²) in [5.41, 5.74) is 4.28. The number of hydrogen-bond acceptors (Lipinski definition) is 7. The van der Waals surface area contributed by atoms with E-state index in [9.17, 15) is 14.8 Å². The lowest BCUT2D eigenvalue weighted by atomic mass is 9.84. The molecular weight excluding hydrogens is 402 g/mol. The Labute approximate surface area is 181 Å². The quantitative estimate of drug-likeness (QED) is 0.307. The molecule has 2 atom stereocenters. The molecule has 1 saturated carbocycles. The number of oxime groups is 1. The number of nitrogens with one attached hydrogen (secondary N) is 1. The number of carbonyl (C=O) groups excluding carboxylic acids is 2. The smallest absolute Gasteiger partial charge is 0.429 e. The Hall–Kier alpha value is -3.23. The maximum Gasteiger partial charge on any atom is 0.429 e. The lowest BCUT2D eigenvalue weighted by Gasteiger charge is -2.36. The molecule has 31 heavy (non-hydrogen) atoms. The topological polar surface area (TPSA) is 110 Å². The van der Waals surface area contributed by atoms with Crippen LogP contribution in [0.3, 0.4) is 0 Å². The monoisotopic (exact) mass is 431 g/mol. The van der Waals surface area contributed by atoms with Crippen LogP contribution in [-0.2, 0) is 9.47 Å². The van der Waals surface area contributed by atoms with E-state index in [2.05, 4.69) is 16.7 Å². The first-order valence-corrected chi connectivity index (χ1v) is 10.4. The molecule has 2 N–H and O–H groups in total. The molecule has 0 saturated heterocycles. The van der Waals surface area contributed by atoms with Crippen molar-refractivity contribution >= 4 is 17.9 Å². The Kier molecular flexibility index (Phi) is 6.72. The molecule has 168 valence electrons. The standard InChI is InChI=1S/C22H29N3O6/c1-5-30-20(26)23-25(21(27)31-6-2)19-17(9-10-22(19)11-12-22)18-13-15(29-4)7-8-16(18)14(3)24-28/h7-10,13,17,19,28H,5-6,11-12H2,1-4H3,(H,23,26)/b24-14+/t17-,19-/m1/s1. The van der Waals surface area contributed by atoms with Crippen molar-refractivity contribution < 1.29 is 29.0 Å². The maximum absolute atomic E-state index is 12.9. The van der Waals surface area contributed by atoms with E-state index in [1.165, 1.54) is 5.01 Å². The first kappa shape index (κ1) is 22.5. The van der Waals surface area contributed by atoms with E-state index in [1.807, 2.05) is 18.2 Å². The zero-order chi connectivity index (χ0) is 22.6. The second kappa shape index (κ2) is 9.28. The van der Waals surface area contributed by atoms with E-state index in [4.69, 9.17) is 14.2 Å².